The summed E-state index contributed by atoms with van der Waals surface area (Å²) in [5.41, 5.74) is 7.90. The van der Waals surface area contributed by atoms with Crippen molar-refractivity contribution in [3.05, 3.63) is 35.4 Å². The molecule has 0 aliphatic rings. The zero-order chi connectivity index (χ0) is 14.5. The Balaban J connectivity index is 2.55. The lowest BCUT2D eigenvalue weighted by atomic mass is 10.1. The number of rotatable bonds is 5. The predicted molar refractivity (Wildman–Crippen MR) is 78.5 cm³/mol. The van der Waals surface area contributed by atoms with Crippen molar-refractivity contribution in [1.29, 1.82) is 0 Å². The minimum absolute atomic E-state index is 0.0964. The van der Waals surface area contributed by atoms with Gasteiger partial charge in [-0.15, -0.1) is 0 Å². The van der Waals surface area contributed by atoms with Gasteiger partial charge in [-0.05, 0) is 38.8 Å². The Morgan fingerprint density at radius 1 is 1.26 bits per heavy atom. The van der Waals surface area contributed by atoms with Crippen molar-refractivity contribution >= 4 is 5.91 Å². The van der Waals surface area contributed by atoms with Gasteiger partial charge in [-0.3, -0.25) is 4.79 Å². The third-order valence-corrected chi connectivity index (χ3v) is 2.69. The molecule has 106 valence electrons. The maximum atomic E-state index is 11.4. The molecule has 19 heavy (non-hydrogen) atoms. The SMILES string of the molecule is C[C@@H](N)C(=O)NCc1cccc(CNC(C)(C)C)c1. The van der Waals surface area contributed by atoms with Gasteiger partial charge in [-0.2, -0.15) is 0 Å². The first-order chi connectivity index (χ1) is 8.78. The van der Waals surface area contributed by atoms with Gasteiger partial charge in [0.1, 0.15) is 0 Å². The lowest BCUT2D eigenvalue weighted by Crippen LogP contribution is -2.37. The van der Waals surface area contributed by atoms with Crippen molar-refractivity contribution in [3.63, 3.8) is 0 Å². The summed E-state index contributed by atoms with van der Waals surface area (Å²) in [4.78, 5) is 11.4. The van der Waals surface area contributed by atoms with Gasteiger partial charge < -0.3 is 16.4 Å². The van der Waals surface area contributed by atoms with Crippen LogP contribution in [0, 0.1) is 0 Å². The van der Waals surface area contributed by atoms with Crippen LogP contribution in [-0.4, -0.2) is 17.5 Å². The molecule has 4 nitrogen and oxygen atoms in total. The molecule has 0 unspecified atom stereocenters. The van der Waals surface area contributed by atoms with E-state index in [1.54, 1.807) is 6.92 Å². The molecule has 0 aromatic heterocycles. The summed E-state index contributed by atoms with van der Waals surface area (Å²) in [5.74, 6) is -0.127. The number of amides is 1. The highest BCUT2D eigenvalue weighted by molar-refractivity contribution is 5.80. The van der Waals surface area contributed by atoms with E-state index < -0.39 is 6.04 Å². The van der Waals surface area contributed by atoms with Crippen molar-refractivity contribution < 1.29 is 4.79 Å². The number of carbonyl (C=O) groups is 1. The maximum absolute atomic E-state index is 11.4. The highest BCUT2D eigenvalue weighted by Gasteiger charge is 2.09. The quantitative estimate of drug-likeness (QED) is 0.755. The predicted octanol–water partition coefficient (Wildman–Crippen LogP) is 1.54. The van der Waals surface area contributed by atoms with Crippen LogP contribution in [-0.2, 0) is 17.9 Å². The van der Waals surface area contributed by atoms with Crippen LogP contribution in [0.25, 0.3) is 0 Å². The van der Waals surface area contributed by atoms with Crippen molar-refractivity contribution in [2.75, 3.05) is 0 Å². The van der Waals surface area contributed by atoms with E-state index in [1.807, 2.05) is 12.1 Å². The van der Waals surface area contributed by atoms with E-state index in [1.165, 1.54) is 5.56 Å². The Morgan fingerprint density at radius 3 is 2.37 bits per heavy atom. The molecule has 1 aromatic carbocycles. The van der Waals surface area contributed by atoms with Crippen molar-refractivity contribution in [2.45, 2.75) is 52.4 Å². The Kier molecular flexibility index (Phi) is 5.51. The Morgan fingerprint density at radius 2 is 1.84 bits per heavy atom. The molecule has 1 rings (SSSR count). The van der Waals surface area contributed by atoms with Gasteiger partial charge in [0.15, 0.2) is 0 Å². The third-order valence-electron chi connectivity index (χ3n) is 2.69. The smallest absolute Gasteiger partial charge is 0.236 e. The van der Waals surface area contributed by atoms with E-state index in [-0.39, 0.29) is 11.4 Å². The van der Waals surface area contributed by atoms with Crippen molar-refractivity contribution in [2.24, 2.45) is 5.73 Å². The summed E-state index contributed by atoms with van der Waals surface area (Å²) in [6.45, 7) is 9.43. The molecule has 0 radical (unpaired) electrons. The fraction of sp³-hybridized carbons (Fsp3) is 0.533. The molecule has 0 fully saturated rings. The number of nitrogens with one attached hydrogen (secondary N) is 2. The maximum Gasteiger partial charge on any atom is 0.236 e. The lowest BCUT2D eigenvalue weighted by molar-refractivity contribution is -0.122. The van der Waals surface area contributed by atoms with Crippen molar-refractivity contribution in [1.82, 2.24) is 10.6 Å². The van der Waals surface area contributed by atoms with Gasteiger partial charge in [0.25, 0.3) is 0 Å². The first-order valence-corrected chi connectivity index (χ1v) is 6.64. The van der Waals surface area contributed by atoms with Gasteiger partial charge in [0, 0.05) is 18.6 Å². The van der Waals surface area contributed by atoms with Crippen LogP contribution < -0.4 is 16.4 Å². The molecule has 1 amide bonds. The van der Waals surface area contributed by atoms with E-state index in [4.69, 9.17) is 5.73 Å². The first kappa shape index (κ1) is 15.7. The minimum Gasteiger partial charge on any atom is -0.351 e. The molecule has 4 N–H and O–H groups in total. The minimum atomic E-state index is -0.467. The summed E-state index contributed by atoms with van der Waals surface area (Å²) >= 11 is 0. The lowest BCUT2D eigenvalue weighted by Gasteiger charge is -2.20. The average molecular weight is 263 g/mol. The molecular formula is C15H25N3O. The molecule has 0 spiro atoms. The van der Waals surface area contributed by atoms with Crippen LogP contribution >= 0.6 is 0 Å². The van der Waals surface area contributed by atoms with Gasteiger partial charge in [0.2, 0.25) is 5.91 Å². The van der Waals surface area contributed by atoms with Gasteiger partial charge >= 0.3 is 0 Å². The van der Waals surface area contributed by atoms with Crippen LogP contribution in [0.2, 0.25) is 0 Å². The van der Waals surface area contributed by atoms with Crippen LogP contribution in [0.1, 0.15) is 38.8 Å². The first-order valence-electron chi connectivity index (χ1n) is 6.64. The van der Waals surface area contributed by atoms with Gasteiger partial charge in [-0.25, -0.2) is 0 Å². The van der Waals surface area contributed by atoms with E-state index in [2.05, 4.69) is 43.5 Å². The largest absolute Gasteiger partial charge is 0.351 e. The number of benzene rings is 1. The van der Waals surface area contributed by atoms with Crippen molar-refractivity contribution in [3.8, 4) is 0 Å². The van der Waals surface area contributed by atoms with Crippen LogP contribution in [0.15, 0.2) is 24.3 Å². The molecular weight excluding hydrogens is 238 g/mol. The second kappa shape index (κ2) is 6.68. The Hall–Kier alpha value is -1.39. The zero-order valence-electron chi connectivity index (χ0n) is 12.3. The Labute approximate surface area is 115 Å². The van der Waals surface area contributed by atoms with Gasteiger partial charge in [0.05, 0.1) is 6.04 Å². The monoisotopic (exact) mass is 263 g/mol. The highest BCUT2D eigenvalue weighted by Crippen LogP contribution is 2.07. The van der Waals surface area contributed by atoms with E-state index in [0.29, 0.717) is 6.54 Å². The topological polar surface area (TPSA) is 67.2 Å². The van der Waals surface area contributed by atoms with Crippen LogP contribution in [0.5, 0.6) is 0 Å². The second-order valence-electron chi connectivity index (χ2n) is 5.93. The van der Waals surface area contributed by atoms with Crippen LogP contribution in [0.4, 0.5) is 0 Å². The molecule has 0 aliphatic heterocycles. The molecule has 0 saturated heterocycles. The Bertz CT molecular complexity index is 422. The average Bonchev–Trinajstić information content (AvgIpc) is 2.33. The summed E-state index contributed by atoms with van der Waals surface area (Å²) in [7, 11) is 0. The molecule has 0 aliphatic carbocycles. The summed E-state index contributed by atoms with van der Waals surface area (Å²) < 4.78 is 0. The molecule has 4 heteroatoms. The van der Waals surface area contributed by atoms with Crippen LogP contribution in [0.3, 0.4) is 0 Å². The standard InChI is InChI=1S/C15H25N3O/c1-11(16)14(19)17-9-12-6-5-7-13(8-12)10-18-15(2,3)4/h5-8,11,18H,9-10,16H2,1-4H3,(H,17,19)/t11-/m1/s1. The second-order valence-corrected chi connectivity index (χ2v) is 5.93. The third kappa shape index (κ3) is 6.36. The number of carbonyl (C=O) groups excluding carboxylic acids is 1. The fourth-order valence-corrected chi connectivity index (χ4v) is 1.57. The highest BCUT2D eigenvalue weighted by atomic mass is 16.2. The normalized spacial score (nSPS) is 13.1. The summed E-state index contributed by atoms with van der Waals surface area (Å²) in [5, 5.41) is 6.25. The number of hydrogen-bond acceptors (Lipinski definition) is 3. The van der Waals surface area contributed by atoms with E-state index in [9.17, 15) is 4.79 Å². The molecule has 0 bridgehead atoms. The number of hydrogen-bond donors (Lipinski definition) is 3. The molecule has 0 saturated carbocycles. The summed E-state index contributed by atoms with van der Waals surface area (Å²) in [6.07, 6.45) is 0. The van der Waals surface area contributed by atoms with E-state index in [0.717, 1.165) is 12.1 Å². The molecule has 1 aromatic rings. The fourth-order valence-electron chi connectivity index (χ4n) is 1.57. The molecule has 1 atom stereocenters. The zero-order valence-corrected chi connectivity index (χ0v) is 12.3. The summed E-state index contributed by atoms with van der Waals surface area (Å²) in [6, 6.07) is 7.72. The van der Waals surface area contributed by atoms with Gasteiger partial charge in [-0.1, -0.05) is 24.3 Å². The number of nitrogens with two attached hydrogens (primary N) is 1. The molecule has 0 heterocycles. The van der Waals surface area contributed by atoms with E-state index >= 15 is 0 Å².